The van der Waals surface area contributed by atoms with E-state index in [4.69, 9.17) is 14.2 Å². The lowest BCUT2D eigenvalue weighted by Gasteiger charge is -2.50. The standard InChI is InChI=1S/C27H36N2O4/c1-18-4-3-7-27(2)14-25-20(13-22(18)27)21(26(30)33-25)16-29-10-8-28(9-11-29)15-19-5-6-23-24(12-19)32-17-31-23/h5-6,12,20-22,25H,1,3-4,7-11,13-17H2,2H3/t20-,21-,22+,25+,27+/m0/s1. The van der Waals surface area contributed by atoms with Crippen LogP contribution in [0.2, 0.25) is 0 Å². The summed E-state index contributed by atoms with van der Waals surface area (Å²) in [5.74, 6) is 2.67. The number of nitrogens with zero attached hydrogens (tertiary/aromatic N) is 2. The SMILES string of the molecule is C=C1CCC[C@]2(C)C[C@H]3OC(=O)[C@@H](CN4CCN(Cc5ccc6c(c5)OCO6)CC4)[C@@H]3C[C@H]12. The van der Waals surface area contributed by atoms with Gasteiger partial charge in [0.2, 0.25) is 6.79 Å². The zero-order chi connectivity index (χ0) is 22.6. The summed E-state index contributed by atoms with van der Waals surface area (Å²) in [5, 5.41) is 0. The zero-order valence-electron chi connectivity index (χ0n) is 19.8. The Kier molecular flexibility index (Phi) is 5.41. The summed E-state index contributed by atoms with van der Waals surface area (Å²) in [7, 11) is 0. The number of hydrogen-bond acceptors (Lipinski definition) is 6. The molecule has 0 unspecified atom stereocenters. The molecule has 1 aromatic carbocycles. The molecule has 1 aromatic rings. The fourth-order valence-electron chi connectivity index (χ4n) is 7.17. The lowest BCUT2D eigenvalue weighted by atomic mass is 9.55. The number of fused-ring (bicyclic) bond motifs is 3. The Bertz CT molecular complexity index is 940. The number of carbonyl (C=O) groups is 1. The summed E-state index contributed by atoms with van der Waals surface area (Å²) in [5.41, 5.74) is 2.94. The van der Waals surface area contributed by atoms with Crippen molar-refractivity contribution in [3.8, 4) is 11.5 Å². The lowest BCUT2D eigenvalue weighted by Crippen LogP contribution is -2.49. The molecular formula is C27H36N2O4. The van der Waals surface area contributed by atoms with Crippen LogP contribution in [0.5, 0.6) is 11.5 Å². The minimum Gasteiger partial charge on any atom is -0.462 e. The molecule has 5 atom stereocenters. The van der Waals surface area contributed by atoms with E-state index in [9.17, 15) is 4.79 Å². The van der Waals surface area contributed by atoms with Crippen molar-refractivity contribution in [3.05, 3.63) is 35.9 Å². The van der Waals surface area contributed by atoms with Crippen LogP contribution in [0, 0.1) is 23.2 Å². The highest BCUT2D eigenvalue weighted by molar-refractivity contribution is 5.75. The largest absolute Gasteiger partial charge is 0.462 e. The van der Waals surface area contributed by atoms with Gasteiger partial charge in [-0.25, -0.2) is 0 Å². The highest BCUT2D eigenvalue weighted by Gasteiger charge is 2.55. The number of esters is 1. The summed E-state index contributed by atoms with van der Waals surface area (Å²) in [6, 6.07) is 6.23. The van der Waals surface area contributed by atoms with Gasteiger partial charge < -0.3 is 14.2 Å². The van der Waals surface area contributed by atoms with E-state index < -0.39 is 0 Å². The molecule has 2 saturated heterocycles. The van der Waals surface area contributed by atoms with Gasteiger partial charge in [0.25, 0.3) is 0 Å². The Balaban J connectivity index is 1.05. The van der Waals surface area contributed by atoms with Gasteiger partial charge in [-0.1, -0.05) is 25.1 Å². The van der Waals surface area contributed by atoms with Gasteiger partial charge in [0.05, 0.1) is 5.92 Å². The zero-order valence-corrected chi connectivity index (χ0v) is 19.8. The summed E-state index contributed by atoms with van der Waals surface area (Å²) >= 11 is 0. The van der Waals surface area contributed by atoms with E-state index in [1.165, 1.54) is 24.0 Å². The summed E-state index contributed by atoms with van der Waals surface area (Å²) < 4.78 is 16.9. The Morgan fingerprint density at radius 1 is 1.12 bits per heavy atom. The first-order valence-corrected chi connectivity index (χ1v) is 12.7. The number of piperazine rings is 1. The Morgan fingerprint density at radius 3 is 2.76 bits per heavy atom. The number of hydrogen-bond donors (Lipinski definition) is 0. The molecule has 4 fully saturated rings. The molecule has 178 valence electrons. The lowest BCUT2D eigenvalue weighted by molar-refractivity contribution is -0.146. The first-order valence-electron chi connectivity index (χ1n) is 12.7. The van der Waals surface area contributed by atoms with Crippen LogP contribution < -0.4 is 9.47 Å². The van der Waals surface area contributed by atoms with E-state index in [0.29, 0.717) is 18.6 Å². The smallest absolute Gasteiger partial charge is 0.310 e. The van der Waals surface area contributed by atoms with Gasteiger partial charge in [0.15, 0.2) is 11.5 Å². The number of allylic oxidation sites excluding steroid dienone is 1. The van der Waals surface area contributed by atoms with Gasteiger partial charge in [0.1, 0.15) is 6.10 Å². The van der Waals surface area contributed by atoms with Crippen LogP contribution in [-0.2, 0) is 16.1 Å². The van der Waals surface area contributed by atoms with Crippen molar-refractivity contribution in [2.45, 2.75) is 51.7 Å². The summed E-state index contributed by atoms with van der Waals surface area (Å²) in [6.45, 7) is 12.9. The molecule has 3 aliphatic heterocycles. The molecular weight excluding hydrogens is 416 g/mol. The van der Waals surface area contributed by atoms with Crippen LogP contribution in [0.25, 0.3) is 0 Å². The van der Waals surface area contributed by atoms with Gasteiger partial charge in [-0.3, -0.25) is 14.6 Å². The van der Waals surface area contributed by atoms with Crippen LogP contribution >= 0.6 is 0 Å². The van der Waals surface area contributed by atoms with E-state index in [2.05, 4.69) is 35.4 Å². The third-order valence-electron chi connectivity index (χ3n) is 9.08. The first-order chi connectivity index (χ1) is 16.0. The maximum Gasteiger partial charge on any atom is 0.310 e. The fourth-order valence-corrected chi connectivity index (χ4v) is 7.17. The predicted octanol–water partition coefficient (Wildman–Crippen LogP) is 3.85. The van der Waals surface area contributed by atoms with Crippen LogP contribution in [0.4, 0.5) is 0 Å². The average Bonchev–Trinajstić information content (AvgIpc) is 3.37. The Morgan fingerprint density at radius 2 is 1.91 bits per heavy atom. The van der Waals surface area contributed by atoms with Crippen molar-refractivity contribution in [1.29, 1.82) is 0 Å². The van der Waals surface area contributed by atoms with E-state index in [1.54, 1.807) is 0 Å². The molecule has 0 bridgehead atoms. The van der Waals surface area contributed by atoms with Gasteiger partial charge in [-0.15, -0.1) is 0 Å². The molecule has 0 radical (unpaired) electrons. The van der Waals surface area contributed by atoms with Gasteiger partial charge in [-0.2, -0.15) is 0 Å². The third-order valence-corrected chi connectivity index (χ3v) is 9.08. The van der Waals surface area contributed by atoms with Crippen molar-refractivity contribution in [1.82, 2.24) is 9.80 Å². The second kappa shape index (κ2) is 8.31. The number of benzene rings is 1. The summed E-state index contributed by atoms with van der Waals surface area (Å²) in [4.78, 5) is 17.9. The number of ether oxygens (including phenoxy) is 3. The minimum atomic E-state index is 0.0229. The van der Waals surface area contributed by atoms with Crippen LogP contribution in [0.3, 0.4) is 0 Å². The number of carbonyl (C=O) groups excluding carboxylic acids is 1. The number of rotatable bonds is 4. The maximum atomic E-state index is 12.9. The molecule has 5 aliphatic rings. The molecule has 0 N–H and O–H groups in total. The van der Waals surface area contributed by atoms with E-state index in [0.717, 1.165) is 70.0 Å². The molecule has 2 aliphatic carbocycles. The Labute approximate surface area is 196 Å². The van der Waals surface area contributed by atoms with E-state index >= 15 is 0 Å². The topological polar surface area (TPSA) is 51.2 Å². The quantitative estimate of drug-likeness (QED) is 0.511. The monoisotopic (exact) mass is 452 g/mol. The third kappa shape index (κ3) is 3.95. The van der Waals surface area contributed by atoms with Gasteiger partial charge in [0, 0.05) is 45.2 Å². The first kappa shape index (κ1) is 21.5. The van der Waals surface area contributed by atoms with E-state index in [1.807, 2.05) is 6.07 Å². The highest BCUT2D eigenvalue weighted by atomic mass is 16.7. The fraction of sp³-hybridized carbons (Fsp3) is 0.667. The molecule has 0 amide bonds. The van der Waals surface area contributed by atoms with Gasteiger partial charge in [-0.05, 0) is 61.1 Å². The average molecular weight is 453 g/mol. The van der Waals surface area contributed by atoms with Gasteiger partial charge >= 0.3 is 5.97 Å². The van der Waals surface area contributed by atoms with Crippen molar-refractivity contribution in [2.24, 2.45) is 23.2 Å². The molecule has 0 aromatic heterocycles. The molecule has 0 spiro atoms. The predicted molar refractivity (Wildman–Crippen MR) is 125 cm³/mol. The van der Waals surface area contributed by atoms with Crippen LogP contribution in [0.1, 0.15) is 44.6 Å². The van der Waals surface area contributed by atoms with Crippen LogP contribution in [-0.4, -0.2) is 61.4 Å². The second-order valence-electron chi connectivity index (χ2n) is 11.2. The maximum absolute atomic E-state index is 12.9. The molecule has 6 rings (SSSR count). The normalized spacial score (nSPS) is 36.4. The van der Waals surface area contributed by atoms with Crippen molar-refractivity contribution in [2.75, 3.05) is 39.5 Å². The molecule has 2 saturated carbocycles. The van der Waals surface area contributed by atoms with Crippen molar-refractivity contribution < 1.29 is 19.0 Å². The molecule has 3 heterocycles. The van der Waals surface area contributed by atoms with Crippen molar-refractivity contribution in [3.63, 3.8) is 0 Å². The molecule has 6 nitrogen and oxygen atoms in total. The molecule has 6 heteroatoms. The Hall–Kier alpha value is -2.05. The minimum absolute atomic E-state index is 0.0229. The molecule has 33 heavy (non-hydrogen) atoms. The second-order valence-corrected chi connectivity index (χ2v) is 11.2. The van der Waals surface area contributed by atoms with E-state index in [-0.39, 0.29) is 23.4 Å². The van der Waals surface area contributed by atoms with Crippen LogP contribution in [0.15, 0.2) is 30.4 Å². The van der Waals surface area contributed by atoms with Crippen molar-refractivity contribution >= 4 is 5.97 Å². The summed E-state index contributed by atoms with van der Waals surface area (Å²) in [6.07, 6.45) is 5.85. The highest BCUT2D eigenvalue weighted by Crippen LogP contribution is 2.57.